The van der Waals surface area contributed by atoms with Crippen molar-refractivity contribution in [3.8, 4) is 5.69 Å². The number of aromatic nitrogens is 2. The van der Waals surface area contributed by atoms with Crippen molar-refractivity contribution in [3.63, 3.8) is 0 Å². The Bertz CT molecular complexity index is 1210. The van der Waals surface area contributed by atoms with E-state index in [0.717, 1.165) is 22.6 Å². The van der Waals surface area contributed by atoms with Crippen LogP contribution in [0.3, 0.4) is 0 Å². The highest BCUT2D eigenvalue weighted by atomic mass is 16.3. The molecule has 0 radical (unpaired) electrons. The molecular weight excluding hydrogens is 392 g/mol. The van der Waals surface area contributed by atoms with Gasteiger partial charge in [-0.05, 0) is 56.3 Å². The lowest BCUT2D eigenvalue weighted by atomic mass is 10.1. The standard InChI is InChI=1S/C24H22N4O3/c1-16-21(17(2)28(27-16)20-10-4-3-5-11-20)15-23(29)25-18-8-6-9-19(14-18)26-24(30)22-12-7-13-31-22/h3-14H,15H2,1-2H3,(H,25,29)(H,26,30). The Morgan fingerprint density at radius 2 is 1.68 bits per heavy atom. The van der Waals surface area contributed by atoms with Gasteiger partial charge in [-0.3, -0.25) is 9.59 Å². The molecule has 2 heterocycles. The molecule has 0 atom stereocenters. The van der Waals surface area contributed by atoms with Crippen LogP contribution in [0.25, 0.3) is 5.69 Å². The SMILES string of the molecule is Cc1nn(-c2ccccc2)c(C)c1CC(=O)Nc1cccc(NC(=O)c2ccco2)c1. The van der Waals surface area contributed by atoms with Crippen LogP contribution >= 0.6 is 0 Å². The molecule has 2 N–H and O–H groups in total. The molecule has 0 saturated carbocycles. The summed E-state index contributed by atoms with van der Waals surface area (Å²) in [6, 6.07) is 20.0. The molecule has 0 unspecified atom stereocenters. The summed E-state index contributed by atoms with van der Waals surface area (Å²) in [4.78, 5) is 24.8. The zero-order valence-electron chi connectivity index (χ0n) is 17.3. The Morgan fingerprint density at radius 3 is 2.39 bits per heavy atom. The summed E-state index contributed by atoms with van der Waals surface area (Å²) < 4.78 is 6.95. The normalized spacial score (nSPS) is 10.6. The van der Waals surface area contributed by atoms with Crippen molar-refractivity contribution in [3.05, 3.63) is 95.7 Å². The lowest BCUT2D eigenvalue weighted by Gasteiger charge is -2.09. The summed E-state index contributed by atoms with van der Waals surface area (Å²) in [6.07, 6.45) is 1.64. The largest absolute Gasteiger partial charge is 0.459 e. The van der Waals surface area contributed by atoms with Crippen LogP contribution in [0.15, 0.2) is 77.4 Å². The fraction of sp³-hybridized carbons (Fsp3) is 0.125. The molecule has 7 heteroatoms. The number of carbonyl (C=O) groups excluding carboxylic acids is 2. The van der Waals surface area contributed by atoms with Crippen LogP contribution < -0.4 is 10.6 Å². The molecule has 7 nitrogen and oxygen atoms in total. The number of benzene rings is 2. The van der Waals surface area contributed by atoms with Gasteiger partial charge >= 0.3 is 0 Å². The first-order chi connectivity index (χ1) is 15.0. The Morgan fingerprint density at radius 1 is 0.935 bits per heavy atom. The third kappa shape index (κ3) is 4.56. The zero-order chi connectivity index (χ0) is 21.8. The van der Waals surface area contributed by atoms with Crippen molar-refractivity contribution in [1.29, 1.82) is 0 Å². The highest BCUT2D eigenvalue weighted by Crippen LogP contribution is 2.20. The Hall–Kier alpha value is -4.13. The first-order valence-electron chi connectivity index (χ1n) is 9.86. The molecule has 2 aromatic heterocycles. The molecule has 0 bridgehead atoms. The van der Waals surface area contributed by atoms with E-state index < -0.39 is 0 Å². The maximum Gasteiger partial charge on any atom is 0.291 e. The summed E-state index contributed by atoms with van der Waals surface area (Å²) in [5, 5.41) is 10.2. The smallest absolute Gasteiger partial charge is 0.291 e. The van der Waals surface area contributed by atoms with Gasteiger partial charge in [-0.2, -0.15) is 5.10 Å². The molecule has 0 aliphatic rings. The van der Waals surface area contributed by atoms with Gasteiger partial charge in [0.25, 0.3) is 5.91 Å². The monoisotopic (exact) mass is 414 g/mol. The number of para-hydroxylation sites is 1. The lowest BCUT2D eigenvalue weighted by molar-refractivity contribution is -0.115. The Kier molecular flexibility index (Phi) is 5.66. The number of nitrogens with zero attached hydrogens (tertiary/aromatic N) is 2. The van der Waals surface area contributed by atoms with E-state index >= 15 is 0 Å². The summed E-state index contributed by atoms with van der Waals surface area (Å²) in [5.41, 5.74) is 4.74. The number of anilines is 2. The van der Waals surface area contributed by atoms with Gasteiger partial charge < -0.3 is 15.1 Å². The van der Waals surface area contributed by atoms with Gasteiger partial charge in [0.1, 0.15) is 0 Å². The van der Waals surface area contributed by atoms with Crippen molar-refractivity contribution in [2.45, 2.75) is 20.3 Å². The molecule has 0 saturated heterocycles. The van der Waals surface area contributed by atoms with E-state index in [1.165, 1.54) is 6.26 Å². The van der Waals surface area contributed by atoms with Crippen LogP contribution in [0.1, 0.15) is 27.5 Å². The maximum absolute atomic E-state index is 12.7. The number of hydrogen-bond acceptors (Lipinski definition) is 4. The van der Waals surface area contributed by atoms with Gasteiger partial charge in [0, 0.05) is 22.6 Å². The summed E-state index contributed by atoms with van der Waals surface area (Å²) in [6.45, 7) is 3.86. The van der Waals surface area contributed by atoms with E-state index in [4.69, 9.17) is 4.42 Å². The van der Waals surface area contributed by atoms with E-state index in [1.807, 2.05) is 48.9 Å². The van der Waals surface area contributed by atoms with E-state index in [9.17, 15) is 9.59 Å². The topological polar surface area (TPSA) is 89.2 Å². The van der Waals surface area contributed by atoms with Crippen LogP contribution in [0.5, 0.6) is 0 Å². The van der Waals surface area contributed by atoms with Gasteiger partial charge in [0.15, 0.2) is 5.76 Å². The Labute approximate surface area is 179 Å². The molecule has 31 heavy (non-hydrogen) atoms. The van der Waals surface area contributed by atoms with Crippen molar-refractivity contribution in [2.75, 3.05) is 10.6 Å². The van der Waals surface area contributed by atoms with Gasteiger partial charge in [-0.25, -0.2) is 4.68 Å². The van der Waals surface area contributed by atoms with Gasteiger partial charge in [-0.1, -0.05) is 24.3 Å². The van der Waals surface area contributed by atoms with E-state index in [-0.39, 0.29) is 24.0 Å². The molecule has 0 fully saturated rings. The minimum absolute atomic E-state index is 0.159. The number of nitrogens with one attached hydrogen (secondary N) is 2. The molecule has 0 spiro atoms. The Balaban J connectivity index is 1.45. The van der Waals surface area contributed by atoms with E-state index in [0.29, 0.717) is 11.4 Å². The van der Waals surface area contributed by atoms with E-state index in [1.54, 1.807) is 36.4 Å². The van der Waals surface area contributed by atoms with E-state index in [2.05, 4.69) is 15.7 Å². The maximum atomic E-state index is 12.7. The lowest BCUT2D eigenvalue weighted by Crippen LogP contribution is -2.16. The molecule has 4 rings (SSSR count). The number of rotatable bonds is 6. The zero-order valence-corrected chi connectivity index (χ0v) is 17.3. The molecule has 2 aromatic carbocycles. The molecule has 2 amide bonds. The number of amides is 2. The van der Waals surface area contributed by atoms with Gasteiger partial charge in [-0.15, -0.1) is 0 Å². The van der Waals surface area contributed by atoms with Crippen LogP contribution in [-0.4, -0.2) is 21.6 Å². The highest BCUT2D eigenvalue weighted by molar-refractivity contribution is 6.02. The van der Waals surface area contributed by atoms with Crippen LogP contribution in [-0.2, 0) is 11.2 Å². The second-order valence-corrected chi connectivity index (χ2v) is 7.13. The van der Waals surface area contributed by atoms with Crippen molar-refractivity contribution in [2.24, 2.45) is 0 Å². The number of aryl methyl sites for hydroxylation is 1. The average Bonchev–Trinajstić information content (AvgIpc) is 3.39. The minimum Gasteiger partial charge on any atom is -0.459 e. The third-order valence-electron chi connectivity index (χ3n) is 4.93. The molecule has 0 aliphatic heterocycles. The molecule has 4 aromatic rings. The van der Waals surface area contributed by atoms with Gasteiger partial charge in [0.2, 0.25) is 5.91 Å². The first-order valence-corrected chi connectivity index (χ1v) is 9.86. The summed E-state index contributed by atoms with van der Waals surface area (Å²) in [7, 11) is 0. The minimum atomic E-state index is -0.354. The molecular formula is C24H22N4O3. The number of hydrogen-bond donors (Lipinski definition) is 2. The summed E-state index contributed by atoms with van der Waals surface area (Å²) in [5.74, 6) is -0.294. The van der Waals surface area contributed by atoms with Gasteiger partial charge in [0.05, 0.1) is 24.1 Å². The highest BCUT2D eigenvalue weighted by Gasteiger charge is 2.16. The number of furan rings is 1. The van der Waals surface area contributed by atoms with Crippen LogP contribution in [0.4, 0.5) is 11.4 Å². The quantitative estimate of drug-likeness (QED) is 0.486. The van der Waals surface area contributed by atoms with Crippen molar-refractivity contribution >= 4 is 23.2 Å². The third-order valence-corrected chi connectivity index (χ3v) is 4.93. The van der Waals surface area contributed by atoms with Crippen molar-refractivity contribution in [1.82, 2.24) is 9.78 Å². The predicted molar refractivity (Wildman–Crippen MR) is 118 cm³/mol. The van der Waals surface area contributed by atoms with Crippen LogP contribution in [0, 0.1) is 13.8 Å². The second kappa shape index (κ2) is 8.71. The fourth-order valence-corrected chi connectivity index (χ4v) is 3.39. The fourth-order valence-electron chi connectivity index (χ4n) is 3.39. The second-order valence-electron chi connectivity index (χ2n) is 7.13. The van der Waals surface area contributed by atoms with Crippen molar-refractivity contribution < 1.29 is 14.0 Å². The average molecular weight is 414 g/mol. The number of carbonyl (C=O) groups is 2. The summed E-state index contributed by atoms with van der Waals surface area (Å²) >= 11 is 0. The molecule has 0 aliphatic carbocycles. The first kappa shape index (κ1) is 20.2. The predicted octanol–water partition coefficient (Wildman–Crippen LogP) is 4.52. The molecule has 156 valence electrons. The van der Waals surface area contributed by atoms with Crippen LogP contribution in [0.2, 0.25) is 0 Å².